The summed E-state index contributed by atoms with van der Waals surface area (Å²) >= 11 is 4.50. The van der Waals surface area contributed by atoms with Gasteiger partial charge in [0, 0.05) is 0 Å². The van der Waals surface area contributed by atoms with Crippen LogP contribution >= 0.6 is 27.3 Å². The summed E-state index contributed by atoms with van der Waals surface area (Å²) in [6.45, 7) is 1.24. The predicted octanol–water partition coefficient (Wildman–Crippen LogP) is 3.16. The average Bonchev–Trinajstić information content (AvgIpc) is 2.93. The van der Waals surface area contributed by atoms with Gasteiger partial charge in [-0.3, -0.25) is 4.79 Å². The fourth-order valence-electron chi connectivity index (χ4n) is 1.64. The Morgan fingerprint density at radius 3 is 2.50 bits per heavy atom. The van der Waals surface area contributed by atoms with Crippen LogP contribution in [0.3, 0.4) is 0 Å². The lowest BCUT2D eigenvalue weighted by molar-refractivity contribution is -0.145. The van der Waals surface area contributed by atoms with Crippen LogP contribution in [-0.2, 0) is 4.79 Å². The number of rotatable bonds is 6. The van der Waals surface area contributed by atoms with Crippen LogP contribution < -0.4 is 10.1 Å². The number of amides is 1. The quantitative estimate of drug-likeness (QED) is 0.802. The first kappa shape index (κ1) is 16.5. The van der Waals surface area contributed by atoms with Gasteiger partial charge in [0.05, 0.1) is 8.66 Å². The first-order chi connectivity index (χ1) is 10.4. The van der Waals surface area contributed by atoms with Crippen molar-refractivity contribution in [2.24, 2.45) is 0 Å². The fourth-order valence-corrected chi connectivity index (χ4v) is 2.93. The third-order valence-corrected chi connectivity index (χ3v) is 4.55. The van der Waals surface area contributed by atoms with Gasteiger partial charge in [-0.1, -0.05) is 18.2 Å². The Hall–Kier alpha value is -1.86. The van der Waals surface area contributed by atoms with E-state index >= 15 is 0 Å². The van der Waals surface area contributed by atoms with Gasteiger partial charge in [0.15, 0.2) is 5.54 Å². The largest absolute Gasteiger partial charge is 0.491 e. The zero-order chi connectivity index (χ0) is 16.2. The molecule has 0 aliphatic heterocycles. The van der Waals surface area contributed by atoms with Gasteiger partial charge in [-0.25, -0.2) is 4.79 Å². The minimum atomic E-state index is -1.52. The molecular weight excluding hydrogens is 370 g/mol. The highest BCUT2D eigenvalue weighted by atomic mass is 79.9. The van der Waals surface area contributed by atoms with Gasteiger partial charge >= 0.3 is 5.97 Å². The maximum absolute atomic E-state index is 12.1. The number of halogens is 1. The number of para-hydroxylation sites is 1. The molecule has 0 aliphatic rings. The number of carboxylic acid groups (broad SMARTS) is 1. The van der Waals surface area contributed by atoms with E-state index < -0.39 is 17.4 Å². The zero-order valence-electron chi connectivity index (χ0n) is 11.7. The number of carboxylic acids is 1. The van der Waals surface area contributed by atoms with Gasteiger partial charge in [0.2, 0.25) is 0 Å². The predicted molar refractivity (Wildman–Crippen MR) is 87.5 cm³/mol. The van der Waals surface area contributed by atoms with Crippen LogP contribution in [0.5, 0.6) is 5.75 Å². The number of carbonyl (C=O) groups is 2. The molecular formula is C15H14BrNO4S. The van der Waals surface area contributed by atoms with E-state index in [4.69, 9.17) is 4.74 Å². The molecule has 0 fully saturated rings. The molecule has 7 heteroatoms. The summed E-state index contributed by atoms with van der Waals surface area (Å²) in [5, 5.41) is 11.9. The highest BCUT2D eigenvalue weighted by Gasteiger charge is 2.36. The molecule has 2 aromatic rings. The Balaban J connectivity index is 2.07. The monoisotopic (exact) mass is 383 g/mol. The Morgan fingerprint density at radius 1 is 1.27 bits per heavy atom. The van der Waals surface area contributed by atoms with Crippen molar-refractivity contribution in [3.63, 3.8) is 0 Å². The van der Waals surface area contributed by atoms with E-state index in [-0.39, 0.29) is 6.61 Å². The molecule has 1 heterocycles. The summed E-state index contributed by atoms with van der Waals surface area (Å²) in [5.74, 6) is -1.06. The minimum Gasteiger partial charge on any atom is -0.491 e. The number of thiophene rings is 1. The van der Waals surface area contributed by atoms with E-state index in [0.29, 0.717) is 10.6 Å². The molecule has 116 valence electrons. The molecule has 2 rings (SSSR count). The van der Waals surface area contributed by atoms with Crippen LogP contribution in [0.2, 0.25) is 0 Å². The molecule has 0 unspecified atom stereocenters. The number of benzene rings is 1. The number of aliphatic carboxylic acids is 1. The van der Waals surface area contributed by atoms with E-state index in [1.54, 1.807) is 36.4 Å². The van der Waals surface area contributed by atoms with Crippen LogP contribution in [-0.4, -0.2) is 29.1 Å². The van der Waals surface area contributed by atoms with Crippen molar-refractivity contribution in [1.29, 1.82) is 0 Å². The summed E-state index contributed by atoms with van der Waals surface area (Å²) in [6, 6.07) is 12.2. The van der Waals surface area contributed by atoms with E-state index in [0.717, 1.165) is 3.79 Å². The highest BCUT2D eigenvalue weighted by molar-refractivity contribution is 9.11. The fraction of sp³-hybridized carbons (Fsp3) is 0.200. The molecule has 5 nitrogen and oxygen atoms in total. The molecule has 1 amide bonds. The van der Waals surface area contributed by atoms with Crippen molar-refractivity contribution in [3.05, 3.63) is 51.1 Å². The Labute approximate surface area is 140 Å². The van der Waals surface area contributed by atoms with Gasteiger partial charge in [0.1, 0.15) is 12.4 Å². The third kappa shape index (κ3) is 4.08. The molecule has 0 spiro atoms. The molecule has 1 aromatic heterocycles. The number of hydrogen-bond acceptors (Lipinski definition) is 4. The molecule has 0 bridgehead atoms. The van der Waals surface area contributed by atoms with Crippen molar-refractivity contribution < 1.29 is 19.4 Å². The van der Waals surface area contributed by atoms with Crippen LogP contribution in [0.1, 0.15) is 16.6 Å². The number of nitrogens with one attached hydrogen (secondary N) is 1. The van der Waals surface area contributed by atoms with E-state index in [9.17, 15) is 14.7 Å². The smallest absolute Gasteiger partial charge is 0.332 e. The van der Waals surface area contributed by atoms with Crippen molar-refractivity contribution in [2.45, 2.75) is 12.5 Å². The van der Waals surface area contributed by atoms with Crippen LogP contribution in [0, 0.1) is 0 Å². The number of ether oxygens (including phenoxy) is 1. The Morgan fingerprint density at radius 2 is 1.95 bits per heavy atom. The maximum atomic E-state index is 12.1. The molecule has 2 N–H and O–H groups in total. The molecule has 22 heavy (non-hydrogen) atoms. The second kappa shape index (κ2) is 6.93. The first-order valence-electron chi connectivity index (χ1n) is 6.40. The summed E-state index contributed by atoms with van der Waals surface area (Å²) in [7, 11) is 0. The van der Waals surface area contributed by atoms with Crippen molar-refractivity contribution in [3.8, 4) is 5.75 Å². The molecule has 0 radical (unpaired) electrons. The summed E-state index contributed by atoms with van der Waals surface area (Å²) in [5.41, 5.74) is -1.52. The van der Waals surface area contributed by atoms with Crippen molar-refractivity contribution >= 4 is 39.1 Å². The Bertz CT molecular complexity index is 673. The molecule has 0 aliphatic carbocycles. The second-order valence-electron chi connectivity index (χ2n) is 4.80. The SMILES string of the molecule is C[C@](COc1ccccc1)(NC(=O)c1ccc(Br)s1)C(=O)O. The normalized spacial score (nSPS) is 13.2. The lowest BCUT2D eigenvalue weighted by atomic mass is 10.0. The Kier molecular flexibility index (Phi) is 5.20. The maximum Gasteiger partial charge on any atom is 0.332 e. The topological polar surface area (TPSA) is 75.6 Å². The van der Waals surface area contributed by atoms with Gasteiger partial charge in [-0.15, -0.1) is 11.3 Å². The average molecular weight is 384 g/mol. The zero-order valence-corrected chi connectivity index (χ0v) is 14.1. The lowest BCUT2D eigenvalue weighted by Gasteiger charge is -2.26. The van der Waals surface area contributed by atoms with E-state index in [1.165, 1.54) is 18.3 Å². The van der Waals surface area contributed by atoms with Gasteiger partial charge < -0.3 is 15.2 Å². The number of carbonyl (C=O) groups excluding carboxylic acids is 1. The molecule has 0 saturated carbocycles. The second-order valence-corrected chi connectivity index (χ2v) is 7.26. The molecule has 1 aromatic carbocycles. The van der Waals surface area contributed by atoms with E-state index in [1.807, 2.05) is 6.07 Å². The van der Waals surface area contributed by atoms with E-state index in [2.05, 4.69) is 21.2 Å². The standard InChI is InChI=1S/C15H14BrNO4S/c1-15(14(19)20,9-21-10-5-3-2-4-6-10)17-13(18)11-7-8-12(16)22-11/h2-8H,9H2,1H3,(H,17,18)(H,19,20)/t15-/m1/s1. The highest BCUT2D eigenvalue weighted by Crippen LogP contribution is 2.22. The van der Waals surface area contributed by atoms with Crippen LogP contribution in [0.4, 0.5) is 0 Å². The lowest BCUT2D eigenvalue weighted by Crippen LogP contribution is -2.56. The van der Waals surface area contributed by atoms with Crippen LogP contribution in [0.15, 0.2) is 46.3 Å². The van der Waals surface area contributed by atoms with Gasteiger partial charge in [-0.05, 0) is 47.1 Å². The third-order valence-electron chi connectivity index (χ3n) is 2.93. The minimum absolute atomic E-state index is 0.176. The molecule has 0 saturated heterocycles. The summed E-state index contributed by atoms with van der Waals surface area (Å²) in [6.07, 6.45) is 0. The van der Waals surface area contributed by atoms with Gasteiger partial charge in [0.25, 0.3) is 5.91 Å². The number of hydrogen-bond donors (Lipinski definition) is 2. The summed E-state index contributed by atoms with van der Waals surface area (Å²) < 4.78 is 6.27. The van der Waals surface area contributed by atoms with Crippen LogP contribution in [0.25, 0.3) is 0 Å². The molecule has 1 atom stereocenters. The summed E-state index contributed by atoms with van der Waals surface area (Å²) in [4.78, 5) is 24.1. The van der Waals surface area contributed by atoms with Crippen molar-refractivity contribution in [2.75, 3.05) is 6.61 Å². The first-order valence-corrected chi connectivity index (χ1v) is 8.01. The van der Waals surface area contributed by atoms with Crippen molar-refractivity contribution in [1.82, 2.24) is 5.32 Å². The van der Waals surface area contributed by atoms with Gasteiger partial charge in [-0.2, -0.15) is 0 Å².